The van der Waals surface area contributed by atoms with Gasteiger partial charge in [-0.05, 0) is 78.4 Å². The summed E-state index contributed by atoms with van der Waals surface area (Å²) in [5.74, 6) is -6.09. The van der Waals surface area contributed by atoms with Crippen molar-refractivity contribution in [3.8, 4) is 0 Å². The molecule has 1 amide bonds. The fraction of sp³-hybridized carbons (Fsp3) is 0.643. The molecule has 0 fully saturated rings. The molecule has 0 aliphatic heterocycles. The van der Waals surface area contributed by atoms with Gasteiger partial charge in [-0.3, -0.25) is 4.79 Å². The van der Waals surface area contributed by atoms with Gasteiger partial charge in [0.25, 0.3) is 0 Å². The van der Waals surface area contributed by atoms with Crippen molar-refractivity contribution in [3.05, 3.63) is 33.4 Å². The fourth-order valence-corrected chi connectivity index (χ4v) is 10.5. The van der Waals surface area contributed by atoms with Crippen molar-refractivity contribution in [1.29, 1.82) is 0 Å². The first kappa shape index (κ1) is 39.3. The maximum atomic E-state index is 12.8. The Kier molecular flexibility index (Phi) is 16.9. The summed E-state index contributed by atoms with van der Waals surface area (Å²) in [4.78, 5) is 50.7. The number of carboxylic acid groups (broad SMARTS) is 3. The van der Waals surface area contributed by atoms with Gasteiger partial charge in [-0.25, -0.2) is 14.4 Å². The molecule has 0 saturated heterocycles. The molecule has 0 bridgehead atoms. The molecule has 44 heavy (non-hydrogen) atoms. The van der Waals surface area contributed by atoms with Crippen LogP contribution in [0.4, 0.5) is 0 Å². The van der Waals surface area contributed by atoms with Crippen LogP contribution in [0, 0.1) is 0 Å². The fourth-order valence-electron chi connectivity index (χ4n) is 5.30. The largest absolute Gasteiger partial charge is 0.500 e. The summed E-state index contributed by atoms with van der Waals surface area (Å²) in [6.07, 6.45) is -0.164. The summed E-state index contributed by atoms with van der Waals surface area (Å²) in [6.45, 7) is 12.4. The predicted molar refractivity (Wildman–Crippen MR) is 163 cm³/mol. The van der Waals surface area contributed by atoms with E-state index < -0.39 is 63.7 Å². The second-order valence-corrected chi connectivity index (χ2v) is 14.9. The van der Waals surface area contributed by atoms with Crippen molar-refractivity contribution in [2.75, 3.05) is 39.6 Å². The first-order chi connectivity index (χ1) is 20.8. The number of carboxylic acids is 3. The maximum absolute atomic E-state index is 12.8. The number of nitrogens with two attached hydrogens (primary N) is 1. The van der Waals surface area contributed by atoms with Crippen LogP contribution in [0.3, 0.4) is 0 Å². The van der Waals surface area contributed by atoms with Gasteiger partial charge < -0.3 is 47.6 Å². The topological polar surface area (TPSA) is 210 Å². The maximum Gasteiger partial charge on any atom is 0.500 e. The highest BCUT2D eigenvalue weighted by Crippen LogP contribution is 2.33. The van der Waals surface area contributed by atoms with Crippen molar-refractivity contribution < 1.29 is 61.1 Å². The van der Waals surface area contributed by atoms with E-state index in [1.807, 2.05) is 0 Å². The molecule has 5 N–H and O–H groups in total. The lowest BCUT2D eigenvalue weighted by atomic mass is 9.82. The highest BCUT2D eigenvalue weighted by Gasteiger charge is 2.42. The van der Waals surface area contributed by atoms with Crippen LogP contribution in [0.5, 0.6) is 0 Å². The van der Waals surface area contributed by atoms with Crippen LogP contribution in [0.25, 0.3) is 0 Å². The second-order valence-electron chi connectivity index (χ2n) is 9.41. The second kappa shape index (κ2) is 19.0. The molecule has 1 aromatic rings. The quantitative estimate of drug-likeness (QED) is 0.116. The van der Waals surface area contributed by atoms with Crippen LogP contribution in [-0.4, -0.2) is 96.4 Å². The number of hydrogen-bond donors (Lipinski definition) is 4. The van der Waals surface area contributed by atoms with E-state index in [4.69, 9.17) is 32.3 Å². The van der Waals surface area contributed by atoms with E-state index in [1.54, 1.807) is 41.5 Å². The lowest BCUT2D eigenvalue weighted by Crippen LogP contribution is -2.46. The van der Waals surface area contributed by atoms with E-state index >= 15 is 0 Å². The molecular weight excluding hydrogens is 614 g/mol. The Labute approximate surface area is 260 Å². The van der Waals surface area contributed by atoms with Crippen molar-refractivity contribution in [1.82, 2.24) is 0 Å². The Morgan fingerprint density at radius 2 is 0.773 bits per heavy atom. The number of benzene rings is 1. The summed E-state index contributed by atoms with van der Waals surface area (Å²) in [5, 5.41) is 30.8. The predicted octanol–water partition coefficient (Wildman–Crippen LogP) is 3.84. The van der Waals surface area contributed by atoms with Crippen LogP contribution in [0.2, 0.25) is 12.1 Å². The summed E-state index contributed by atoms with van der Waals surface area (Å²) in [5.41, 5.74) is 2.47. The van der Waals surface area contributed by atoms with Crippen LogP contribution in [0.15, 0.2) is 0 Å². The Hall–Kier alpha value is -2.71. The smallest absolute Gasteiger partial charge is 0.478 e. The molecule has 0 saturated carbocycles. The third kappa shape index (κ3) is 10.2. The van der Waals surface area contributed by atoms with Crippen LogP contribution < -0.4 is 5.73 Å². The average Bonchev–Trinajstić information content (AvgIpc) is 2.93. The molecule has 0 aliphatic rings. The molecule has 0 aromatic heterocycles. The Morgan fingerprint density at radius 3 is 1.00 bits per heavy atom. The standard InChI is InChI=1S/C28H47NO13Si2/c1-7-37-43(38-8-2,39-9-3)17-13-15-19-21(25(29)30)22(26(31)32)20(24(28(35)36)23(19)27(33)34)16-14-18-44(40-10-4,41-11-5)42-12-6/h7-18H2,1-6H3,(H2,29,30)(H,31,32)(H,33,34)(H,35,36). The molecule has 0 heterocycles. The first-order valence-corrected chi connectivity index (χ1v) is 18.8. The van der Waals surface area contributed by atoms with E-state index in [2.05, 4.69) is 0 Å². The summed E-state index contributed by atoms with van der Waals surface area (Å²) in [6, 6.07) is 0.390. The lowest BCUT2D eigenvalue weighted by molar-refractivity contribution is 0.0644. The molecule has 16 heteroatoms. The van der Waals surface area contributed by atoms with Crippen molar-refractivity contribution in [3.63, 3.8) is 0 Å². The number of amides is 1. The third-order valence-corrected chi connectivity index (χ3v) is 12.9. The van der Waals surface area contributed by atoms with Gasteiger partial charge in [-0.15, -0.1) is 0 Å². The molecule has 0 aliphatic carbocycles. The number of aromatic carboxylic acids is 3. The van der Waals surface area contributed by atoms with Crippen LogP contribution >= 0.6 is 0 Å². The Morgan fingerprint density at radius 1 is 0.523 bits per heavy atom. The first-order valence-electron chi connectivity index (χ1n) is 14.9. The van der Waals surface area contributed by atoms with Crippen molar-refractivity contribution >= 4 is 41.4 Å². The minimum atomic E-state index is -3.21. The number of carbonyl (C=O) groups excluding carboxylic acids is 1. The van der Waals surface area contributed by atoms with Crippen LogP contribution in [0.1, 0.15) is 107 Å². The van der Waals surface area contributed by atoms with Gasteiger partial charge in [0.1, 0.15) is 0 Å². The van der Waals surface area contributed by atoms with E-state index in [1.165, 1.54) is 0 Å². The van der Waals surface area contributed by atoms with Gasteiger partial charge >= 0.3 is 35.5 Å². The third-order valence-electron chi connectivity index (χ3n) is 6.60. The summed E-state index contributed by atoms with van der Waals surface area (Å²) in [7, 11) is -6.42. The Balaban J connectivity index is 3.82. The molecule has 1 aromatic carbocycles. The zero-order valence-corrected chi connectivity index (χ0v) is 28.5. The van der Waals surface area contributed by atoms with E-state index in [0.717, 1.165) is 0 Å². The van der Waals surface area contributed by atoms with Gasteiger partial charge in [0.05, 0.1) is 22.3 Å². The van der Waals surface area contributed by atoms with E-state index in [0.29, 0.717) is 19.8 Å². The minimum Gasteiger partial charge on any atom is -0.478 e. The molecular formula is C28H47NO13Si2. The lowest BCUT2D eigenvalue weighted by Gasteiger charge is -2.29. The zero-order valence-electron chi connectivity index (χ0n) is 26.5. The number of primary amides is 1. The normalized spacial score (nSPS) is 12.0. The SMILES string of the molecule is CCO[Si](CCCc1c(C(N)=O)c(C(=O)O)c(CCC[Si](OCC)(OCC)OCC)c(C(=O)O)c1C(=O)O)(OCC)OCC. The van der Waals surface area contributed by atoms with Crippen molar-refractivity contribution in [2.24, 2.45) is 5.73 Å². The number of hydrogen-bond acceptors (Lipinski definition) is 10. The molecule has 14 nitrogen and oxygen atoms in total. The summed E-state index contributed by atoms with van der Waals surface area (Å²) < 4.78 is 35.0. The molecule has 0 radical (unpaired) electrons. The average molecular weight is 662 g/mol. The molecule has 0 spiro atoms. The highest BCUT2D eigenvalue weighted by molar-refractivity contribution is 6.61. The van der Waals surface area contributed by atoms with Gasteiger partial charge in [0.2, 0.25) is 5.91 Å². The van der Waals surface area contributed by atoms with E-state index in [9.17, 15) is 34.5 Å². The number of rotatable bonds is 24. The number of carbonyl (C=O) groups is 4. The molecule has 0 atom stereocenters. The van der Waals surface area contributed by atoms with Gasteiger partial charge in [-0.1, -0.05) is 0 Å². The highest BCUT2D eigenvalue weighted by atomic mass is 28.4. The summed E-state index contributed by atoms with van der Waals surface area (Å²) >= 11 is 0. The van der Waals surface area contributed by atoms with Gasteiger partial charge in [-0.2, -0.15) is 0 Å². The van der Waals surface area contributed by atoms with E-state index in [-0.39, 0.29) is 68.7 Å². The zero-order chi connectivity index (χ0) is 33.5. The van der Waals surface area contributed by atoms with Gasteiger partial charge in [0.15, 0.2) is 0 Å². The van der Waals surface area contributed by atoms with Crippen LogP contribution in [-0.2, 0) is 39.4 Å². The Bertz CT molecular complexity index is 971. The van der Waals surface area contributed by atoms with Gasteiger partial charge in [0, 0.05) is 51.7 Å². The molecule has 0 unspecified atom stereocenters. The monoisotopic (exact) mass is 661 g/mol. The molecule has 250 valence electrons. The molecule has 1 rings (SSSR count). The minimum absolute atomic E-state index is 0.120. The van der Waals surface area contributed by atoms with Crippen molar-refractivity contribution in [2.45, 2.75) is 79.3 Å².